The molecular formula is C13H11ClN4O. The van der Waals surface area contributed by atoms with E-state index in [2.05, 4.69) is 15.3 Å². The van der Waals surface area contributed by atoms with E-state index < -0.39 is 0 Å². The minimum atomic E-state index is 0.00304. The second kappa shape index (κ2) is 4.51. The molecule has 5 nitrogen and oxygen atoms in total. The van der Waals surface area contributed by atoms with Crippen LogP contribution in [0.3, 0.4) is 0 Å². The standard InChI is InChI=1S/C13H11ClN4O/c1-18-6-8-3-2-4-10(11(8)13(18)19)17-12-9(14)5-15-7-16-12/h2-5,7H,6H2,1H3,(H,15,16,17). The maximum Gasteiger partial charge on any atom is 0.256 e. The first-order valence-corrected chi connectivity index (χ1v) is 6.14. The molecule has 0 atom stereocenters. The Hall–Kier alpha value is -2.14. The van der Waals surface area contributed by atoms with Crippen LogP contribution in [-0.4, -0.2) is 27.8 Å². The van der Waals surface area contributed by atoms with Crippen molar-refractivity contribution in [3.05, 3.63) is 46.9 Å². The first-order chi connectivity index (χ1) is 9.16. The number of carbonyl (C=O) groups excluding carboxylic acids is 1. The second-order valence-electron chi connectivity index (χ2n) is 4.35. The fourth-order valence-electron chi connectivity index (χ4n) is 2.14. The monoisotopic (exact) mass is 274 g/mol. The summed E-state index contributed by atoms with van der Waals surface area (Å²) in [5.74, 6) is 0.496. The van der Waals surface area contributed by atoms with Crippen LogP contribution >= 0.6 is 11.6 Å². The molecule has 1 amide bonds. The van der Waals surface area contributed by atoms with Gasteiger partial charge in [0.25, 0.3) is 5.91 Å². The number of nitrogens with zero attached hydrogens (tertiary/aromatic N) is 3. The Morgan fingerprint density at radius 2 is 2.26 bits per heavy atom. The SMILES string of the molecule is CN1Cc2cccc(Nc3ncncc3Cl)c2C1=O. The zero-order chi connectivity index (χ0) is 13.4. The Kier molecular flexibility index (Phi) is 2.83. The van der Waals surface area contributed by atoms with Gasteiger partial charge < -0.3 is 10.2 Å². The van der Waals surface area contributed by atoms with Crippen LogP contribution in [0.1, 0.15) is 15.9 Å². The summed E-state index contributed by atoms with van der Waals surface area (Å²) in [6.07, 6.45) is 2.92. The largest absolute Gasteiger partial charge is 0.338 e. The number of hydrogen-bond donors (Lipinski definition) is 1. The summed E-state index contributed by atoms with van der Waals surface area (Å²) in [6, 6.07) is 5.69. The zero-order valence-corrected chi connectivity index (χ0v) is 11.0. The average Bonchev–Trinajstić information content (AvgIpc) is 2.69. The van der Waals surface area contributed by atoms with Gasteiger partial charge in [0, 0.05) is 13.6 Å². The highest BCUT2D eigenvalue weighted by Gasteiger charge is 2.27. The van der Waals surface area contributed by atoms with Crippen LogP contribution in [-0.2, 0) is 6.54 Å². The van der Waals surface area contributed by atoms with E-state index in [0.29, 0.717) is 28.6 Å². The number of rotatable bonds is 2. The van der Waals surface area contributed by atoms with Gasteiger partial charge in [0.1, 0.15) is 11.3 Å². The molecule has 6 heteroatoms. The fourth-order valence-corrected chi connectivity index (χ4v) is 2.29. The molecule has 1 aliphatic rings. The maximum atomic E-state index is 12.1. The van der Waals surface area contributed by atoms with Crippen molar-refractivity contribution >= 4 is 29.0 Å². The lowest BCUT2D eigenvalue weighted by Gasteiger charge is -2.10. The predicted molar refractivity (Wildman–Crippen MR) is 72.6 cm³/mol. The van der Waals surface area contributed by atoms with Gasteiger partial charge >= 0.3 is 0 Å². The van der Waals surface area contributed by atoms with Crippen LogP contribution in [0.5, 0.6) is 0 Å². The molecule has 2 aromatic rings. The lowest BCUT2D eigenvalue weighted by Crippen LogP contribution is -2.18. The van der Waals surface area contributed by atoms with E-state index in [4.69, 9.17) is 11.6 Å². The Morgan fingerprint density at radius 3 is 3.05 bits per heavy atom. The van der Waals surface area contributed by atoms with Crippen LogP contribution in [0.15, 0.2) is 30.7 Å². The molecule has 19 heavy (non-hydrogen) atoms. The summed E-state index contributed by atoms with van der Waals surface area (Å²) < 4.78 is 0. The number of halogens is 1. The van der Waals surface area contributed by atoms with Crippen molar-refractivity contribution in [2.75, 3.05) is 12.4 Å². The van der Waals surface area contributed by atoms with Gasteiger partial charge in [0.2, 0.25) is 0 Å². The molecule has 1 aromatic carbocycles. The van der Waals surface area contributed by atoms with Crippen molar-refractivity contribution < 1.29 is 4.79 Å². The highest BCUT2D eigenvalue weighted by atomic mass is 35.5. The number of hydrogen-bond acceptors (Lipinski definition) is 4. The maximum absolute atomic E-state index is 12.1. The molecule has 3 rings (SSSR count). The summed E-state index contributed by atoms with van der Waals surface area (Å²) in [5, 5.41) is 3.51. The van der Waals surface area contributed by atoms with E-state index in [0.717, 1.165) is 5.56 Å². The summed E-state index contributed by atoms with van der Waals surface area (Å²) in [4.78, 5) is 21.7. The number of benzene rings is 1. The van der Waals surface area contributed by atoms with Crippen molar-refractivity contribution in [1.29, 1.82) is 0 Å². The number of carbonyl (C=O) groups is 1. The average molecular weight is 275 g/mol. The Bertz CT molecular complexity index is 659. The van der Waals surface area contributed by atoms with E-state index in [1.165, 1.54) is 12.5 Å². The minimum absolute atomic E-state index is 0.00304. The summed E-state index contributed by atoms with van der Waals surface area (Å²) in [5.41, 5.74) is 2.40. The van der Waals surface area contributed by atoms with Gasteiger partial charge in [-0.25, -0.2) is 9.97 Å². The Morgan fingerprint density at radius 1 is 1.42 bits per heavy atom. The van der Waals surface area contributed by atoms with E-state index in [1.54, 1.807) is 11.9 Å². The molecule has 0 saturated carbocycles. The third-order valence-electron chi connectivity index (χ3n) is 3.04. The molecule has 1 aromatic heterocycles. The van der Waals surface area contributed by atoms with Crippen molar-refractivity contribution in [2.24, 2.45) is 0 Å². The molecule has 1 aliphatic heterocycles. The van der Waals surface area contributed by atoms with Crippen LogP contribution in [0, 0.1) is 0 Å². The highest BCUT2D eigenvalue weighted by Crippen LogP contribution is 2.31. The van der Waals surface area contributed by atoms with E-state index in [9.17, 15) is 4.79 Å². The minimum Gasteiger partial charge on any atom is -0.338 e. The first-order valence-electron chi connectivity index (χ1n) is 5.76. The fraction of sp³-hybridized carbons (Fsp3) is 0.154. The smallest absolute Gasteiger partial charge is 0.256 e. The molecule has 1 N–H and O–H groups in total. The van der Waals surface area contributed by atoms with Crippen LogP contribution in [0.2, 0.25) is 5.02 Å². The van der Waals surface area contributed by atoms with Crippen LogP contribution < -0.4 is 5.32 Å². The molecule has 96 valence electrons. The molecule has 0 unspecified atom stereocenters. The highest BCUT2D eigenvalue weighted by molar-refractivity contribution is 6.32. The number of aromatic nitrogens is 2. The van der Waals surface area contributed by atoms with Gasteiger partial charge in [-0.3, -0.25) is 4.79 Å². The summed E-state index contributed by atoms with van der Waals surface area (Å²) in [7, 11) is 1.78. The lowest BCUT2D eigenvalue weighted by molar-refractivity contribution is 0.0817. The van der Waals surface area contributed by atoms with Gasteiger partial charge in [-0.2, -0.15) is 0 Å². The van der Waals surface area contributed by atoms with Gasteiger partial charge in [0.15, 0.2) is 5.82 Å². The van der Waals surface area contributed by atoms with Gasteiger partial charge in [-0.15, -0.1) is 0 Å². The summed E-state index contributed by atoms with van der Waals surface area (Å²) in [6.45, 7) is 0.626. The second-order valence-corrected chi connectivity index (χ2v) is 4.75. The molecule has 2 heterocycles. The number of anilines is 2. The van der Waals surface area contributed by atoms with E-state index >= 15 is 0 Å². The topological polar surface area (TPSA) is 58.1 Å². The first kappa shape index (κ1) is 11.9. The van der Waals surface area contributed by atoms with E-state index in [1.807, 2.05) is 18.2 Å². The lowest BCUT2D eigenvalue weighted by atomic mass is 10.1. The Labute approximate surface area is 115 Å². The quantitative estimate of drug-likeness (QED) is 0.914. The van der Waals surface area contributed by atoms with Crippen molar-refractivity contribution in [2.45, 2.75) is 6.54 Å². The van der Waals surface area contributed by atoms with E-state index in [-0.39, 0.29) is 5.91 Å². The number of fused-ring (bicyclic) bond motifs is 1. The van der Waals surface area contributed by atoms with Crippen LogP contribution in [0.25, 0.3) is 0 Å². The van der Waals surface area contributed by atoms with Crippen molar-refractivity contribution in [1.82, 2.24) is 14.9 Å². The molecule has 0 fully saturated rings. The zero-order valence-electron chi connectivity index (χ0n) is 10.2. The molecule has 0 saturated heterocycles. The van der Waals surface area contributed by atoms with Gasteiger partial charge in [-0.1, -0.05) is 23.7 Å². The summed E-state index contributed by atoms with van der Waals surface area (Å²) >= 11 is 6.01. The predicted octanol–water partition coefficient (Wildman–Crippen LogP) is 2.46. The molecular weight excluding hydrogens is 264 g/mol. The normalized spacial score (nSPS) is 13.6. The number of amides is 1. The molecule has 0 bridgehead atoms. The Balaban J connectivity index is 2.02. The van der Waals surface area contributed by atoms with Gasteiger partial charge in [0.05, 0.1) is 17.4 Å². The van der Waals surface area contributed by atoms with Crippen molar-refractivity contribution in [3.63, 3.8) is 0 Å². The number of nitrogens with one attached hydrogen (secondary N) is 1. The van der Waals surface area contributed by atoms with Crippen LogP contribution in [0.4, 0.5) is 11.5 Å². The molecule has 0 radical (unpaired) electrons. The third-order valence-corrected chi connectivity index (χ3v) is 3.32. The third kappa shape index (κ3) is 2.02. The molecule has 0 spiro atoms. The van der Waals surface area contributed by atoms with Gasteiger partial charge in [-0.05, 0) is 11.6 Å². The van der Waals surface area contributed by atoms with Crippen molar-refractivity contribution in [3.8, 4) is 0 Å². The molecule has 0 aliphatic carbocycles.